The molecule has 17 nitrogen and oxygen atoms in total. The molecule has 0 saturated carbocycles. The van der Waals surface area contributed by atoms with Gasteiger partial charge in [-0.3, -0.25) is 29.2 Å². The molecule has 0 heterocycles. The van der Waals surface area contributed by atoms with Crippen LogP contribution in [0.4, 0.5) is 0 Å². The lowest BCUT2D eigenvalue weighted by atomic mass is 10.1. The molecule has 0 aliphatic heterocycles. The van der Waals surface area contributed by atoms with Crippen molar-refractivity contribution in [2.24, 2.45) is 38.7 Å². The lowest BCUT2D eigenvalue weighted by Gasteiger charge is -2.23. The van der Waals surface area contributed by atoms with Crippen LogP contribution >= 0.6 is 0 Å². The van der Waals surface area contributed by atoms with E-state index in [2.05, 4.69) is 25.9 Å². The molecule has 4 atom stereocenters. The molecule has 210 valence electrons. The van der Waals surface area contributed by atoms with E-state index in [-0.39, 0.29) is 50.7 Å². The Morgan fingerprint density at radius 2 is 1.24 bits per heavy atom. The molecule has 0 aliphatic rings. The molecule has 0 spiro atoms. The minimum absolute atomic E-state index is 0.0228. The first-order chi connectivity index (χ1) is 17.2. The molecule has 0 radical (unpaired) electrons. The Kier molecular flexibility index (Phi) is 15.4. The van der Waals surface area contributed by atoms with E-state index in [0.29, 0.717) is 6.42 Å². The maximum atomic E-state index is 12.7. The van der Waals surface area contributed by atoms with Crippen molar-refractivity contribution in [3.05, 3.63) is 0 Å². The van der Waals surface area contributed by atoms with Crippen LogP contribution in [-0.2, 0) is 24.0 Å². The summed E-state index contributed by atoms with van der Waals surface area (Å²) in [5.74, 6) is -5.16. The van der Waals surface area contributed by atoms with Crippen molar-refractivity contribution in [3.63, 3.8) is 0 Å². The van der Waals surface area contributed by atoms with Gasteiger partial charge in [0, 0.05) is 19.5 Å². The number of carbonyl (C=O) groups excluding carboxylic acids is 3. The van der Waals surface area contributed by atoms with E-state index in [1.54, 1.807) is 0 Å². The maximum Gasteiger partial charge on any atom is 0.326 e. The van der Waals surface area contributed by atoms with E-state index in [1.807, 2.05) is 0 Å². The SMILES string of the molecule is CC(NC(=O)C(N)CCCN=C(N)N)C(=O)NC(CCC(=O)O)C(=O)NC(CCCN=C(N)N)C(=O)O. The van der Waals surface area contributed by atoms with Crippen LogP contribution in [-0.4, -0.2) is 89.0 Å². The molecule has 0 bridgehead atoms. The van der Waals surface area contributed by atoms with Crippen molar-refractivity contribution in [1.82, 2.24) is 16.0 Å². The highest BCUT2D eigenvalue weighted by molar-refractivity contribution is 5.94. The molecule has 0 aromatic carbocycles. The molecule has 0 aliphatic carbocycles. The third kappa shape index (κ3) is 15.5. The summed E-state index contributed by atoms with van der Waals surface area (Å²) in [4.78, 5) is 67.6. The van der Waals surface area contributed by atoms with Crippen molar-refractivity contribution in [3.8, 4) is 0 Å². The Morgan fingerprint density at radius 3 is 1.73 bits per heavy atom. The normalized spacial score (nSPS) is 13.7. The number of nitrogens with two attached hydrogens (primary N) is 5. The van der Waals surface area contributed by atoms with E-state index < -0.39 is 60.2 Å². The van der Waals surface area contributed by atoms with Crippen LogP contribution in [0.15, 0.2) is 9.98 Å². The monoisotopic (exact) mass is 530 g/mol. The number of aliphatic imine (C=N–C) groups is 2. The van der Waals surface area contributed by atoms with E-state index >= 15 is 0 Å². The first-order valence-electron chi connectivity index (χ1n) is 11.5. The van der Waals surface area contributed by atoms with Crippen molar-refractivity contribution >= 4 is 41.6 Å². The lowest BCUT2D eigenvalue weighted by Crippen LogP contribution is -2.56. The van der Waals surface area contributed by atoms with E-state index in [0.717, 1.165) is 0 Å². The second kappa shape index (κ2) is 17.3. The average Bonchev–Trinajstić information content (AvgIpc) is 2.80. The number of carboxylic acids is 2. The number of hydrogen-bond donors (Lipinski definition) is 10. The lowest BCUT2D eigenvalue weighted by molar-refractivity contribution is -0.143. The summed E-state index contributed by atoms with van der Waals surface area (Å²) >= 11 is 0. The standard InChI is InChI=1S/C20H38N10O7/c1-10(28-16(34)11(21)4-2-8-26-19(22)23)15(33)29-12(6-7-14(31)32)17(35)30-13(18(36)37)5-3-9-27-20(24)25/h10-13H,2-9,21H2,1H3,(H,28,34)(H,29,33)(H,30,35)(H,31,32)(H,36,37)(H4,22,23,26)(H4,24,25,27). The van der Waals surface area contributed by atoms with Gasteiger partial charge in [-0.2, -0.15) is 0 Å². The van der Waals surface area contributed by atoms with Crippen molar-refractivity contribution in [2.75, 3.05) is 13.1 Å². The predicted molar refractivity (Wildman–Crippen MR) is 134 cm³/mol. The molecule has 3 amide bonds. The largest absolute Gasteiger partial charge is 0.481 e. The summed E-state index contributed by atoms with van der Waals surface area (Å²) in [6.45, 7) is 1.75. The van der Waals surface area contributed by atoms with Gasteiger partial charge in [0.1, 0.15) is 18.1 Å². The second-order valence-electron chi connectivity index (χ2n) is 8.13. The van der Waals surface area contributed by atoms with Gasteiger partial charge >= 0.3 is 11.9 Å². The Bertz CT molecular complexity index is 856. The average molecular weight is 531 g/mol. The van der Waals surface area contributed by atoms with Gasteiger partial charge in [0.15, 0.2) is 11.9 Å². The molecule has 0 aromatic heterocycles. The van der Waals surface area contributed by atoms with Crippen LogP contribution in [0, 0.1) is 0 Å². The molecular weight excluding hydrogens is 492 g/mol. The summed E-state index contributed by atoms with van der Waals surface area (Å²) in [6.07, 6.45) is 0.0589. The van der Waals surface area contributed by atoms with Gasteiger partial charge in [-0.1, -0.05) is 0 Å². The number of carbonyl (C=O) groups is 5. The van der Waals surface area contributed by atoms with Crippen LogP contribution in [0.3, 0.4) is 0 Å². The highest BCUT2D eigenvalue weighted by atomic mass is 16.4. The number of aliphatic carboxylic acids is 2. The van der Waals surface area contributed by atoms with Crippen molar-refractivity contribution in [1.29, 1.82) is 0 Å². The van der Waals surface area contributed by atoms with E-state index in [9.17, 15) is 29.1 Å². The first kappa shape index (κ1) is 32.9. The Balaban J connectivity index is 5.10. The van der Waals surface area contributed by atoms with Gasteiger partial charge < -0.3 is 54.8 Å². The molecular formula is C20H38N10O7. The number of carboxylic acid groups (broad SMARTS) is 2. The fourth-order valence-corrected chi connectivity index (χ4v) is 2.90. The Hall–Kier alpha value is -4.15. The van der Waals surface area contributed by atoms with Crippen molar-refractivity contribution in [2.45, 2.75) is 69.6 Å². The molecule has 0 fully saturated rings. The first-order valence-corrected chi connectivity index (χ1v) is 11.5. The number of amides is 3. The van der Waals surface area contributed by atoms with E-state index in [1.165, 1.54) is 6.92 Å². The zero-order valence-corrected chi connectivity index (χ0v) is 20.7. The number of hydrogen-bond acceptors (Lipinski definition) is 8. The van der Waals surface area contributed by atoms with Crippen LogP contribution in [0.25, 0.3) is 0 Å². The third-order valence-electron chi connectivity index (χ3n) is 4.90. The highest BCUT2D eigenvalue weighted by Gasteiger charge is 2.29. The Morgan fingerprint density at radius 1 is 0.730 bits per heavy atom. The summed E-state index contributed by atoms with van der Waals surface area (Å²) < 4.78 is 0. The molecule has 37 heavy (non-hydrogen) atoms. The topological polar surface area (TPSA) is 317 Å². The fraction of sp³-hybridized carbons (Fsp3) is 0.650. The number of nitrogens with one attached hydrogen (secondary N) is 3. The van der Waals surface area contributed by atoms with Gasteiger partial charge in [-0.25, -0.2) is 4.79 Å². The quantitative estimate of drug-likeness (QED) is 0.0458. The van der Waals surface area contributed by atoms with Crippen LogP contribution in [0.1, 0.15) is 45.4 Å². The van der Waals surface area contributed by atoms with Crippen molar-refractivity contribution < 1.29 is 34.2 Å². The van der Waals surface area contributed by atoms with E-state index in [4.69, 9.17) is 33.8 Å². The van der Waals surface area contributed by atoms with Gasteiger partial charge in [-0.05, 0) is 39.0 Å². The van der Waals surface area contributed by atoms with Crippen LogP contribution in [0.5, 0.6) is 0 Å². The summed E-state index contributed by atoms with van der Waals surface area (Å²) in [5, 5.41) is 25.4. The number of rotatable bonds is 18. The number of nitrogens with zero attached hydrogens (tertiary/aromatic N) is 2. The Labute approximate surface area is 213 Å². The molecule has 15 N–H and O–H groups in total. The minimum atomic E-state index is -1.38. The molecule has 0 aromatic rings. The minimum Gasteiger partial charge on any atom is -0.481 e. The molecule has 17 heteroatoms. The maximum absolute atomic E-state index is 12.7. The predicted octanol–water partition coefficient (Wildman–Crippen LogP) is -4.16. The second-order valence-corrected chi connectivity index (χ2v) is 8.13. The summed E-state index contributed by atoms with van der Waals surface area (Å²) in [7, 11) is 0. The van der Waals surface area contributed by atoms with Gasteiger partial charge in [0.25, 0.3) is 0 Å². The molecule has 4 unspecified atom stereocenters. The third-order valence-corrected chi connectivity index (χ3v) is 4.90. The van der Waals surface area contributed by atoms with Gasteiger partial charge in [0.2, 0.25) is 17.7 Å². The number of guanidine groups is 2. The van der Waals surface area contributed by atoms with Crippen LogP contribution < -0.4 is 44.6 Å². The zero-order chi connectivity index (χ0) is 28.5. The molecule has 0 saturated heterocycles. The molecule has 0 rings (SSSR count). The fourth-order valence-electron chi connectivity index (χ4n) is 2.90. The smallest absolute Gasteiger partial charge is 0.326 e. The van der Waals surface area contributed by atoms with Gasteiger partial charge in [-0.15, -0.1) is 0 Å². The van der Waals surface area contributed by atoms with Gasteiger partial charge in [0.05, 0.1) is 6.04 Å². The highest BCUT2D eigenvalue weighted by Crippen LogP contribution is 2.04. The van der Waals surface area contributed by atoms with Crippen LogP contribution in [0.2, 0.25) is 0 Å². The summed E-state index contributed by atoms with van der Waals surface area (Å²) in [6, 6.07) is -4.80. The zero-order valence-electron chi connectivity index (χ0n) is 20.7. The summed E-state index contributed by atoms with van der Waals surface area (Å²) in [5.41, 5.74) is 26.7.